The van der Waals surface area contributed by atoms with Crippen LogP contribution in [0, 0.1) is 6.92 Å². The first-order valence-electron chi connectivity index (χ1n) is 12.4. The summed E-state index contributed by atoms with van der Waals surface area (Å²) in [5.74, 6) is -0.248. The van der Waals surface area contributed by atoms with E-state index >= 15 is 0 Å². The third kappa shape index (κ3) is 5.61. The number of rotatable bonds is 11. The molecule has 0 saturated carbocycles. The maximum Gasteiger partial charge on any atom is 0.265 e. The van der Waals surface area contributed by atoms with Crippen molar-refractivity contribution in [3.8, 4) is 11.5 Å². The molecule has 6 heteroatoms. The molecule has 4 aromatic rings. The van der Waals surface area contributed by atoms with E-state index in [1.54, 1.807) is 12.1 Å². The molecule has 0 spiro atoms. The molecule has 0 unspecified atom stereocenters. The Bertz CT molecular complexity index is 1390. The van der Waals surface area contributed by atoms with E-state index in [2.05, 4.69) is 6.92 Å². The maximum atomic E-state index is 13.6. The van der Waals surface area contributed by atoms with Crippen LogP contribution in [0.4, 0.5) is 0 Å². The summed E-state index contributed by atoms with van der Waals surface area (Å²) in [5, 5.41) is 0. The minimum Gasteiger partial charge on any atom is -0.485 e. The Kier molecular flexibility index (Phi) is 7.81. The van der Waals surface area contributed by atoms with E-state index in [1.165, 1.54) is 0 Å². The Hall–Kier alpha value is -4.42. The smallest absolute Gasteiger partial charge is 0.265 e. The zero-order chi connectivity index (χ0) is 26.3. The van der Waals surface area contributed by atoms with Crippen LogP contribution >= 0.6 is 0 Å². The van der Waals surface area contributed by atoms with Crippen LogP contribution in [0.3, 0.4) is 0 Å². The molecule has 0 aromatic heterocycles. The van der Waals surface area contributed by atoms with Gasteiger partial charge in [-0.1, -0.05) is 91.0 Å². The molecular weight excluding hydrogens is 478 g/mol. The van der Waals surface area contributed by atoms with Crippen LogP contribution in [0.15, 0.2) is 103 Å². The lowest BCUT2D eigenvalue weighted by atomic mass is 10.1. The zero-order valence-electron chi connectivity index (χ0n) is 20.9. The van der Waals surface area contributed by atoms with Gasteiger partial charge in [-0.15, -0.1) is 0 Å². The predicted molar refractivity (Wildman–Crippen MR) is 144 cm³/mol. The van der Waals surface area contributed by atoms with Gasteiger partial charge in [0.2, 0.25) is 0 Å². The first kappa shape index (κ1) is 25.2. The van der Waals surface area contributed by atoms with Crippen molar-refractivity contribution in [3.05, 3.63) is 138 Å². The second-order valence-corrected chi connectivity index (χ2v) is 9.00. The van der Waals surface area contributed by atoms with Gasteiger partial charge in [-0.3, -0.25) is 14.5 Å². The lowest BCUT2D eigenvalue weighted by Gasteiger charge is -2.22. The predicted octanol–water partition coefficient (Wildman–Crippen LogP) is 5.86. The van der Waals surface area contributed by atoms with E-state index in [9.17, 15) is 9.59 Å². The molecule has 5 rings (SSSR count). The van der Waals surface area contributed by atoms with E-state index in [1.807, 2.05) is 91.0 Å². The molecule has 1 atom stereocenters. The highest BCUT2D eigenvalue weighted by Crippen LogP contribution is 2.40. The summed E-state index contributed by atoms with van der Waals surface area (Å²) in [7, 11) is 0. The molecule has 2 amide bonds. The monoisotopic (exact) mass is 506 g/mol. The summed E-state index contributed by atoms with van der Waals surface area (Å²) in [6.45, 7) is 5.02. The van der Waals surface area contributed by atoms with Crippen molar-refractivity contribution in [3.63, 3.8) is 0 Å². The number of carbonyl (C=O) groups excluding carboxylic acids is 2. The summed E-state index contributed by atoms with van der Waals surface area (Å²) in [4.78, 5) is 28.1. The van der Waals surface area contributed by atoms with Crippen molar-refractivity contribution < 1.29 is 23.8 Å². The third-order valence-corrected chi connectivity index (χ3v) is 6.25. The first-order chi connectivity index (χ1) is 18.6. The van der Waals surface area contributed by atoms with Gasteiger partial charge in [0.05, 0.1) is 30.4 Å². The standard InChI is InChI=1S/C32H28NO5/c1-23(19-36-20-24-11-5-2-6-12-24)33-31(34)27-17-18-28(37-21-25-13-7-3-8-14-25)30(29(27)32(33)35)38-22-26-15-9-4-10-16-26/h2-18,23H,1,19-22H2/t23-/m1/s1. The Labute approximate surface area is 222 Å². The van der Waals surface area contributed by atoms with Crippen LogP contribution < -0.4 is 9.47 Å². The van der Waals surface area contributed by atoms with Crippen LogP contribution in [-0.2, 0) is 24.6 Å². The number of carbonyl (C=O) groups is 2. The molecule has 0 bridgehead atoms. The number of hydrogen-bond donors (Lipinski definition) is 0. The Morgan fingerprint density at radius 1 is 0.632 bits per heavy atom. The van der Waals surface area contributed by atoms with Gasteiger partial charge in [0.15, 0.2) is 11.5 Å². The van der Waals surface area contributed by atoms with Gasteiger partial charge in [0.25, 0.3) is 11.8 Å². The Morgan fingerprint density at radius 2 is 1.16 bits per heavy atom. The van der Waals surface area contributed by atoms with E-state index in [0.29, 0.717) is 19.0 Å². The lowest BCUT2D eigenvalue weighted by molar-refractivity contribution is 0.0438. The summed E-state index contributed by atoms with van der Waals surface area (Å²) in [6.07, 6.45) is 0. The van der Waals surface area contributed by atoms with Crippen molar-refractivity contribution in [2.75, 3.05) is 6.61 Å². The fraction of sp³-hybridized carbons (Fsp3) is 0.156. The second-order valence-electron chi connectivity index (χ2n) is 9.00. The average Bonchev–Trinajstić information content (AvgIpc) is 3.22. The summed E-state index contributed by atoms with van der Waals surface area (Å²) < 4.78 is 18.0. The van der Waals surface area contributed by atoms with Gasteiger partial charge in [-0.25, -0.2) is 0 Å². The second kappa shape index (κ2) is 11.8. The normalized spacial score (nSPS) is 13.3. The summed E-state index contributed by atoms with van der Waals surface area (Å²) in [6, 6.07) is 31.6. The molecule has 4 aromatic carbocycles. The van der Waals surface area contributed by atoms with Crippen LogP contribution in [0.5, 0.6) is 11.5 Å². The molecule has 191 valence electrons. The van der Waals surface area contributed by atoms with Gasteiger partial charge in [-0.2, -0.15) is 0 Å². The molecule has 0 fully saturated rings. The molecule has 0 aliphatic carbocycles. The molecule has 1 aliphatic rings. The molecule has 38 heavy (non-hydrogen) atoms. The van der Waals surface area contributed by atoms with Gasteiger partial charge in [0.1, 0.15) is 13.2 Å². The van der Waals surface area contributed by atoms with Gasteiger partial charge in [0, 0.05) is 0 Å². The van der Waals surface area contributed by atoms with Crippen LogP contribution in [0.1, 0.15) is 37.4 Å². The molecule has 0 N–H and O–H groups in total. The number of hydrogen-bond acceptors (Lipinski definition) is 5. The van der Waals surface area contributed by atoms with Crippen LogP contribution in [-0.4, -0.2) is 29.4 Å². The Morgan fingerprint density at radius 3 is 1.74 bits per heavy atom. The van der Waals surface area contributed by atoms with Crippen molar-refractivity contribution >= 4 is 11.8 Å². The van der Waals surface area contributed by atoms with E-state index in [0.717, 1.165) is 21.6 Å². The molecular formula is C32H28NO5. The van der Waals surface area contributed by atoms with Crippen molar-refractivity contribution in [2.45, 2.75) is 25.9 Å². The molecule has 1 aliphatic heterocycles. The summed E-state index contributed by atoms with van der Waals surface area (Å²) >= 11 is 0. The van der Waals surface area contributed by atoms with Gasteiger partial charge >= 0.3 is 0 Å². The highest BCUT2D eigenvalue weighted by atomic mass is 16.5. The minimum absolute atomic E-state index is 0.109. The van der Waals surface area contributed by atoms with E-state index < -0.39 is 17.9 Å². The van der Waals surface area contributed by atoms with Crippen molar-refractivity contribution in [1.82, 2.24) is 4.90 Å². The molecule has 1 heterocycles. The largest absolute Gasteiger partial charge is 0.485 e. The maximum absolute atomic E-state index is 13.6. The zero-order valence-corrected chi connectivity index (χ0v) is 20.9. The lowest BCUT2D eigenvalue weighted by Crippen LogP contribution is -2.41. The molecule has 6 nitrogen and oxygen atoms in total. The first-order valence-corrected chi connectivity index (χ1v) is 12.4. The highest BCUT2D eigenvalue weighted by Gasteiger charge is 2.42. The number of benzene rings is 4. The number of ether oxygens (including phenoxy) is 3. The minimum atomic E-state index is -0.707. The topological polar surface area (TPSA) is 65.1 Å². The number of imide groups is 1. The highest BCUT2D eigenvalue weighted by molar-refractivity contribution is 6.23. The van der Waals surface area contributed by atoms with Gasteiger partial charge < -0.3 is 14.2 Å². The quantitative estimate of drug-likeness (QED) is 0.239. The number of nitrogens with zero attached hydrogens (tertiary/aromatic N) is 1. The fourth-order valence-corrected chi connectivity index (χ4v) is 4.31. The van der Waals surface area contributed by atoms with Gasteiger partial charge in [-0.05, 0) is 35.7 Å². The summed E-state index contributed by atoms with van der Waals surface area (Å²) in [5.41, 5.74) is 3.35. The molecule has 1 radical (unpaired) electrons. The van der Waals surface area contributed by atoms with E-state index in [-0.39, 0.29) is 30.1 Å². The number of fused-ring (bicyclic) bond motifs is 1. The number of amides is 2. The van der Waals surface area contributed by atoms with E-state index in [4.69, 9.17) is 14.2 Å². The SMILES string of the molecule is [CH2][C@H](COCc1ccccc1)N1C(=O)c2ccc(OCc3ccccc3)c(OCc3ccccc3)c2C1=O. The van der Waals surface area contributed by atoms with Crippen molar-refractivity contribution in [2.24, 2.45) is 0 Å². The molecule has 0 saturated heterocycles. The Balaban J connectivity index is 1.37. The van der Waals surface area contributed by atoms with Crippen LogP contribution in [0.2, 0.25) is 0 Å². The average molecular weight is 507 g/mol. The third-order valence-electron chi connectivity index (χ3n) is 6.25. The fourth-order valence-electron chi connectivity index (χ4n) is 4.31. The van der Waals surface area contributed by atoms with Crippen molar-refractivity contribution in [1.29, 1.82) is 0 Å². The van der Waals surface area contributed by atoms with Crippen LogP contribution in [0.25, 0.3) is 0 Å².